The highest BCUT2D eigenvalue weighted by Crippen LogP contribution is 2.32. The molecule has 0 saturated heterocycles. The van der Waals surface area contributed by atoms with Crippen molar-refractivity contribution in [1.82, 2.24) is 4.98 Å². The van der Waals surface area contributed by atoms with Gasteiger partial charge in [-0.05, 0) is 24.6 Å². The zero-order valence-electron chi connectivity index (χ0n) is 10.6. The quantitative estimate of drug-likeness (QED) is 0.667. The molecule has 0 spiro atoms. The van der Waals surface area contributed by atoms with Gasteiger partial charge in [-0.15, -0.1) is 0 Å². The van der Waals surface area contributed by atoms with Crippen LogP contribution in [0.1, 0.15) is 37.5 Å². The monoisotopic (exact) mass is 253 g/mol. The van der Waals surface area contributed by atoms with E-state index in [1.807, 2.05) is 6.92 Å². The van der Waals surface area contributed by atoms with Crippen molar-refractivity contribution in [3.05, 3.63) is 58.4 Å². The second-order valence-electron chi connectivity index (χ2n) is 4.45. The third-order valence-electron chi connectivity index (χ3n) is 3.20. The lowest BCUT2D eigenvalue weighted by molar-refractivity contribution is 0.0972. The molecule has 4 heteroatoms. The topological polar surface area (TPSA) is 56.3 Å². The predicted molar refractivity (Wildman–Crippen MR) is 68.8 cm³/mol. The van der Waals surface area contributed by atoms with Crippen LogP contribution in [0.25, 0.3) is 0 Å². The average molecular weight is 253 g/mol. The number of carbonyl (C=O) groups is 2. The van der Waals surface area contributed by atoms with Gasteiger partial charge in [0.25, 0.3) is 0 Å². The molecule has 2 aromatic rings. The summed E-state index contributed by atoms with van der Waals surface area (Å²) < 4.78 is 5.17. The first-order valence-electron chi connectivity index (χ1n) is 5.86. The van der Waals surface area contributed by atoms with E-state index in [9.17, 15) is 9.59 Å². The molecule has 1 aliphatic rings. The van der Waals surface area contributed by atoms with Gasteiger partial charge in [0.1, 0.15) is 11.4 Å². The van der Waals surface area contributed by atoms with Crippen LogP contribution in [0.2, 0.25) is 0 Å². The summed E-state index contributed by atoms with van der Waals surface area (Å²) in [6.45, 7) is 1.84. The zero-order valence-corrected chi connectivity index (χ0v) is 10.6. The van der Waals surface area contributed by atoms with E-state index in [0.29, 0.717) is 22.4 Å². The van der Waals surface area contributed by atoms with Gasteiger partial charge in [0.15, 0.2) is 5.78 Å². The number of ether oxygens (including phenoxy) is 1. The molecule has 1 aromatic heterocycles. The van der Waals surface area contributed by atoms with Crippen molar-refractivity contribution in [2.45, 2.75) is 6.92 Å². The lowest BCUT2D eigenvalue weighted by atomic mass is 9.86. The minimum absolute atomic E-state index is 0.181. The molecule has 0 radical (unpaired) electrons. The van der Waals surface area contributed by atoms with Gasteiger partial charge in [-0.1, -0.05) is 12.1 Å². The molecular weight excluding hydrogens is 242 g/mol. The number of pyridine rings is 1. The Bertz CT molecular complexity index is 719. The van der Waals surface area contributed by atoms with E-state index >= 15 is 0 Å². The SMILES string of the molecule is COc1cccc2c1C(=O)c1ncc(C)cc1C2=O. The number of fused-ring (bicyclic) bond motifs is 2. The third-order valence-corrected chi connectivity index (χ3v) is 3.20. The lowest BCUT2D eigenvalue weighted by Crippen LogP contribution is -2.23. The number of hydrogen-bond donors (Lipinski definition) is 0. The number of rotatable bonds is 1. The summed E-state index contributed by atoms with van der Waals surface area (Å²) in [4.78, 5) is 29.0. The molecule has 0 aliphatic heterocycles. The Kier molecular flexibility index (Phi) is 2.45. The first-order valence-corrected chi connectivity index (χ1v) is 5.86. The van der Waals surface area contributed by atoms with Gasteiger partial charge >= 0.3 is 0 Å². The second kappa shape index (κ2) is 4.02. The molecule has 94 valence electrons. The zero-order chi connectivity index (χ0) is 13.6. The highest BCUT2D eigenvalue weighted by molar-refractivity contribution is 6.28. The van der Waals surface area contributed by atoms with Crippen LogP contribution in [-0.2, 0) is 0 Å². The maximum absolute atomic E-state index is 12.4. The number of nitrogens with zero attached hydrogens (tertiary/aromatic N) is 1. The molecule has 3 rings (SSSR count). The molecule has 0 unspecified atom stereocenters. The summed E-state index contributed by atoms with van der Waals surface area (Å²) in [7, 11) is 1.48. The van der Waals surface area contributed by atoms with Crippen LogP contribution in [-0.4, -0.2) is 23.7 Å². The first-order chi connectivity index (χ1) is 9.13. The van der Waals surface area contributed by atoms with E-state index < -0.39 is 0 Å². The molecule has 1 heterocycles. The molecule has 0 saturated carbocycles. The molecular formula is C15H11NO3. The maximum atomic E-state index is 12.4. The van der Waals surface area contributed by atoms with Gasteiger partial charge in [0.2, 0.25) is 5.78 Å². The Morgan fingerprint density at radius 2 is 1.89 bits per heavy atom. The number of methoxy groups -OCH3 is 1. The van der Waals surface area contributed by atoms with Gasteiger partial charge < -0.3 is 4.74 Å². The number of ketones is 2. The van der Waals surface area contributed by atoms with E-state index in [1.165, 1.54) is 7.11 Å². The molecule has 0 amide bonds. The Hall–Kier alpha value is -2.49. The lowest BCUT2D eigenvalue weighted by Gasteiger charge is -2.18. The molecule has 0 N–H and O–H groups in total. The van der Waals surface area contributed by atoms with Crippen LogP contribution >= 0.6 is 0 Å². The van der Waals surface area contributed by atoms with Gasteiger partial charge in [-0.25, -0.2) is 0 Å². The summed E-state index contributed by atoms with van der Waals surface area (Å²) in [5, 5.41) is 0. The standard InChI is InChI=1S/C15H11NO3/c1-8-6-10-13(16-7-8)15(18)12-9(14(10)17)4-3-5-11(12)19-2/h3-7H,1-2H3. The largest absolute Gasteiger partial charge is 0.496 e. The third kappa shape index (κ3) is 1.57. The van der Waals surface area contributed by atoms with Crippen molar-refractivity contribution in [1.29, 1.82) is 0 Å². The molecule has 0 bridgehead atoms. The van der Waals surface area contributed by atoms with Crippen molar-refractivity contribution >= 4 is 11.6 Å². The van der Waals surface area contributed by atoms with Gasteiger partial charge in [0, 0.05) is 11.8 Å². The van der Waals surface area contributed by atoms with Crippen molar-refractivity contribution in [2.24, 2.45) is 0 Å². The van der Waals surface area contributed by atoms with Crippen LogP contribution in [0.15, 0.2) is 30.5 Å². The Labute approximate surface area is 110 Å². The Balaban J connectivity index is 2.32. The van der Waals surface area contributed by atoms with Crippen LogP contribution in [0.5, 0.6) is 5.75 Å². The molecule has 1 aliphatic carbocycles. The summed E-state index contributed by atoms with van der Waals surface area (Å²) in [5.41, 5.74) is 2.10. The van der Waals surface area contributed by atoms with E-state index in [1.54, 1.807) is 30.5 Å². The van der Waals surface area contributed by atoms with Gasteiger partial charge in [-0.2, -0.15) is 0 Å². The normalized spacial score (nSPS) is 12.9. The minimum Gasteiger partial charge on any atom is -0.496 e. The van der Waals surface area contributed by atoms with E-state index in [0.717, 1.165) is 5.56 Å². The van der Waals surface area contributed by atoms with Gasteiger partial charge in [0.05, 0.1) is 18.2 Å². The highest BCUT2D eigenvalue weighted by Gasteiger charge is 2.33. The van der Waals surface area contributed by atoms with Crippen LogP contribution in [0.4, 0.5) is 0 Å². The molecule has 0 fully saturated rings. The molecule has 19 heavy (non-hydrogen) atoms. The summed E-state index contributed by atoms with van der Waals surface area (Å²) in [6, 6.07) is 6.72. The van der Waals surface area contributed by atoms with Crippen molar-refractivity contribution in [2.75, 3.05) is 7.11 Å². The number of benzene rings is 1. The summed E-state index contributed by atoms with van der Waals surface area (Å²) in [6.07, 6.45) is 1.59. The second-order valence-corrected chi connectivity index (χ2v) is 4.45. The highest BCUT2D eigenvalue weighted by atomic mass is 16.5. The number of aryl methyl sites for hydroxylation is 1. The van der Waals surface area contributed by atoms with Crippen molar-refractivity contribution in [3.63, 3.8) is 0 Å². The summed E-state index contributed by atoms with van der Waals surface area (Å²) in [5.74, 6) is -0.0365. The number of hydrogen-bond acceptors (Lipinski definition) is 4. The number of carbonyl (C=O) groups excluding carboxylic acids is 2. The van der Waals surface area contributed by atoms with Crippen LogP contribution < -0.4 is 4.74 Å². The predicted octanol–water partition coefficient (Wildman–Crippen LogP) is 2.17. The molecule has 0 atom stereocenters. The maximum Gasteiger partial charge on any atom is 0.216 e. The minimum atomic E-state index is -0.262. The van der Waals surface area contributed by atoms with E-state index in [2.05, 4.69) is 4.98 Å². The van der Waals surface area contributed by atoms with E-state index in [-0.39, 0.29) is 17.3 Å². The van der Waals surface area contributed by atoms with Crippen molar-refractivity contribution in [3.8, 4) is 5.75 Å². The Morgan fingerprint density at radius 3 is 2.63 bits per heavy atom. The molecule has 1 aromatic carbocycles. The van der Waals surface area contributed by atoms with Crippen molar-refractivity contribution < 1.29 is 14.3 Å². The fourth-order valence-corrected chi connectivity index (χ4v) is 2.31. The van der Waals surface area contributed by atoms with E-state index in [4.69, 9.17) is 4.74 Å². The van der Waals surface area contributed by atoms with Crippen LogP contribution in [0.3, 0.4) is 0 Å². The summed E-state index contributed by atoms with van der Waals surface area (Å²) >= 11 is 0. The van der Waals surface area contributed by atoms with Crippen LogP contribution in [0, 0.1) is 6.92 Å². The molecule has 4 nitrogen and oxygen atoms in total. The first kappa shape index (κ1) is 11.6. The fraction of sp³-hybridized carbons (Fsp3) is 0.133. The fourth-order valence-electron chi connectivity index (χ4n) is 2.31. The number of aromatic nitrogens is 1. The van der Waals surface area contributed by atoms with Gasteiger partial charge in [-0.3, -0.25) is 14.6 Å². The smallest absolute Gasteiger partial charge is 0.216 e. The Morgan fingerprint density at radius 1 is 1.11 bits per heavy atom. The average Bonchev–Trinajstić information content (AvgIpc) is 2.43.